The Kier molecular flexibility index (Phi) is 4.70. The summed E-state index contributed by atoms with van der Waals surface area (Å²) in [7, 11) is 0. The lowest BCUT2D eigenvalue weighted by atomic mass is 10.2. The highest BCUT2D eigenvalue weighted by atomic mass is 35.5. The Hall–Kier alpha value is -1.83. The summed E-state index contributed by atoms with van der Waals surface area (Å²) in [4.78, 5) is 26.9. The SMILES string of the molecule is NC(=O)C1CN(CC2CN(c3cccc(Cl)c3)C(=O)O2)CCO1. The van der Waals surface area contributed by atoms with Crippen molar-refractivity contribution in [3.8, 4) is 0 Å². The molecule has 2 aliphatic heterocycles. The molecule has 23 heavy (non-hydrogen) atoms. The van der Waals surface area contributed by atoms with Gasteiger partial charge in [-0.2, -0.15) is 0 Å². The number of anilines is 1. The fraction of sp³-hybridized carbons (Fsp3) is 0.467. The van der Waals surface area contributed by atoms with Crippen LogP contribution in [0.25, 0.3) is 0 Å². The highest BCUT2D eigenvalue weighted by molar-refractivity contribution is 6.30. The van der Waals surface area contributed by atoms with Crippen molar-refractivity contribution in [2.75, 3.05) is 37.7 Å². The normalized spacial score (nSPS) is 25.4. The van der Waals surface area contributed by atoms with Gasteiger partial charge in [-0.25, -0.2) is 4.79 Å². The van der Waals surface area contributed by atoms with Crippen LogP contribution in [0.5, 0.6) is 0 Å². The molecule has 0 bridgehead atoms. The number of benzene rings is 1. The molecule has 8 heteroatoms. The van der Waals surface area contributed by atoms with Crippen LogP contribution in [-0.2, 0) is 14.3 Å². The smallest absolute Gasteiger partial charge is 0.414 e. The van der Waals surface area contributed by atoms with E-state index in [0.29, 0.717) is 43.5 Å². The molecule has 2 saturated heterocycles. The third-order valence-electron chi connectivity index (χ3n) is 3.92. The molecule has 1 aromatic carbocycles. The third-order valence-corrected chi connectivity index (χ3v) is 4.16. The summed E-state index contributed by atoms with van der Waals surface area (Å²) in [5, 5.41) is 0.566. The summed E-state index contributed by atoms with van der Waals surface area (Å²) in [6, 6.07) is 7.08. The topological polar surface area (TPSA) is 85.1 Å². The number of cyclic esters (lactones) is 1. The largest absolute Gasteiger partial charge is 0.443 e. The Morgan fingerprint density at radius 3 is 2.96 bits per heavy atom. The molecule has 124 valence electrons. The molecule has 7 nitrogen and oxygen atoms in total. The lowest BCUT2D eigenvalue weighted by molar-refractivity contribution is -0.135. The molecule has 0 aliphatic carbocycles. The lowest BCUT2D eigenvalue weighted by Gasteiger charge is -2.32. The van der Waals surface area contributed by atoms with Crippen LogP contribution in [-0.4, -0.2) is 61.9 Å². The van der Waals surface area contributed by atoms with Gasteiger partial charge in [0.15, 0.2) is 0 Å². The molecule has 2 heterocycles. The number of amides is 2. The molecule has 2 amide bonds. The minimum Gasteiger partial charge on any atom is -0.443 e. The van der Waals surface area contributed by atoms with Crippen LogP contribution in [0.4, 0.5) is 10.5 Å². The first-order valence-corrected chi connectivity index (χ1v) is 7.77. The number of primary amides is 1. The molecular formula is C15H18ClN3O4. The maximum atomic E-state index is 12.1. The molecule has 2 fully saturated rings. The number of carbonyl (C=O) groups is 2. The first-order chi connectivity index (χ1) is 11.0. The molecule has 2 atom stereocenters. The second-order valence-corrected chi connectivity index (χ2v) is 6.05. The zero-order valence-electron chi connectivity index (χ0n) is 12.5. The second-order valence-electron chi connectivity index (χ2n) is 5.62. The van der Waals surface area contributed by atoms with E-state index >= 15 is 0 Å². The van der Waals surface area contributed by atoms with Crippen molar-refractivity contribution < 1.29 is 19.1 Å². The molecule has 1 aromatic rings. The van der Waals surface area contributed by atoms with Gasteiger partial charge < -0.3 is 15.2 Å². The van der Waals surface area contributed by atoms with E-state index < -0.39 is 18.1 Å². The maximum absolute atomic E-state index is 12.1. The summed E-state index contributed by atoms with van der Waals surface area (Å²) in [6.45, 7) is 2.51. The number of morpholine rings is 1. The van der Waals surface area contributed by atoms with E-state index in [0.717, 1.165) is 0 Å². The van der Waals surface area contributed by atoms with E-state index in [1.807, 2.05) is 11.0 Å². The number of nitrogens with two attached hydrogens (primary N) is 1. The van der Waals surface area contributed by atoms with Gasteiger partial charge in [0.05, 0.1) is 13.2 Å². The Labute approximate surface area is 138 Å². The molecular weight excluding hydrogens is 322 g/mol. The summed E-state index contributed by atoms with van der Waals surface area (Å²) in [5.41, 5.74) is 5.99. The Morgan fingerprint density at radius 2 is 2.22 bits per heavy atom. The van der Waals surface area contributed by atoms with E-state index in [1.54, 1.807) is 23.1 Å². The quantitative estimate of drug-likeness (QED) is 0.879. The fourth-order valence-corrected chi connectivity index (χ4v) is 2.98. The van der Waals surface area contributed by atoms with Crippen LogP contribution in [0, 0.1) is 0 Å². The van der Waals surface area contributed by atoms with Gasteiger partial charge in [0.1, 0.15) is 12.2 Å². The molecule has 0 saturated carbocycles. The summed E-state index contributed by atoms with van der Waals surface area (Å²) < 4.78 is 10.7. The fourth-order valence-electron chi connectivity index (χ4n) is 2.80. The average molecular weight is 340 g/mol. The van der Waals surface area contributed by atoms with Crippen molar-refractivity contribution in [2.45, 2.75) is 12.2 Å². The minimum atomic E-state index is -0.607. The van der Waals surface area contributed by atoms with Gasteiger partial charge in [0, 0.05) is 30.3 Å². The van der Waals surface area contributed by atoms with Crippen molar-refractivity contribution in [1.29, 1.82) is 0 Å². The van der Waals surface area contributed by atoms with Gasteiger partial charge in [-0.05, 0) is 18.2 Å². The monoisotopic (exact) mass is 339 g/mol. The summed E-state index contributed by atoms with van der Waals surface area (Å²) >= 11 is 5.96. The number of hydrogen-bond acceptors (Lipinski definition) is 5. The number of ether oxygens (including phenoxy) is 2. The number of carbonyl (C=O) groups excluding carboxylic acids is 2. The van der Waals surface area contributed by atoms with E-state index in [-0.39, 0.29) is 6.10 Å². The Balaban J connectivity index is 1.60. The Morgan fingerprint density at radius 1 is 1.39 bits per heavy atom. The number of nitrogens with zero attached hydrogens (tertiary/aromatic N) is 2. The van der Waals surface area contributed by atoms with Gasteiger partial charge in [-0.1, -0.05) is 17.7 Å². The van der Waals surface area contributed by atoms with Gasteiger partial charge in [-0.15, -0.1) is 0 Å². The van der Waals surface area contributed by atoms with E-state index in [1.165, 1.54) is 0 Å². The predicted molar refractivity (Wildman–Crippen MR) is 84.4 cm³/mol. The van der Waals surface area contributed by atoms with Crippen LogP contribution in [0.3, 0.4) is 0 Å². The summed E-state index contributed by atoms with van der Waals surface area (Å²) in [6.07, 6.45) is -1.27. The zero-order chi connectivity index (χ0) is 16.4. The molecule has 0 spiro atoms. The van der Waals surface area contributed by atoms with E-state index in [4.69, 9.17) is 26.8 Å². The lowest BCUT2D eigenvalue weighted by Crippen LogP contribution is -2.50. The van der Waals surface area contributed by atoms with E-state index in [9.17, 15) is 9.59 Å². The predicted octanol–water partition coefficient (Wildman–Crippen LogP) is 0.851. The van der Waals surface area contributed by atoms with Gasteiger partial charge in [-0.3, -0.25) is 14.6 Å². The molecule has 2 N–H and O–H groups in total. The molecule has 0 aromatic heterocycles. The number of halogens is 1. The van der Waals surface area contributed by atoms with Gasteiger partial charge in [0.2, 0.25) is 5.91 Å². The van der Waals surface area contributed by atoms with Crippen LogP contribution in [0.15, 0.2) is 24.3 Å². The Bertz CT molecular complexity index is 612. The third kappa shape index (κ3) is 3.74. The molecule has 2 aliphatic rings. The van der Waals surface area contributed by atoms with Gasteiger partial charge in [0.25, 0.3) is 0 Å². The van der Waals surface area contributed by atoms with Gasteiger partial charge >= 0.3 is 6.09 Å². The average Bonchev–Trinajstić information content (AvgIpc) is 2.88. The molecule has 2 unspecified atom stereocenters. The van der Waals surface area contributed by atoms with Crippen LogP contribution < -0.4 is 10.6 Å². The molecule has 3 rings (SSSR count). The van der Waals surface area contributed by atoms with Crippen LogP contribution in [0.2, 0.25) is 5.02 Å². The molecule has 0 radical (unpaired) electrons. The van der Waals surface area contributed by atoms with Crippen LogP contribution >= 0.6 is 11.6 Å². The maximum Gasteiger partial charge on any atom is 0.414 e. The van der Waals surface area contributed by atoms with E-state index in [2.05, 4.69) is 0 Å². The second kappa shape index (κ2) is 6.74. The number of hydrogen-bond donors (Lipinski definition) is 1. The first-order valence-electron chi connectivity index (χ1n) is 7.40. The van der Waals surface area contributed by atoms with Crippen molar-refractivity contribution in [3.63, 3.8) is 0 Å². The van der Waals surface area contributed by atoms with Crippen molar-refractivity contribution >= 4 is 29.3 Å². The minimum absolute atomic E-state index is 0.270. The number of rotatable bonds is 4. The van der Waals surface area contributed by atoms with Crippen LogP contribution in [0.1, 0.15) is 0 Å². The first kappa shape index (κ1) is 16.0. The summed E-state index contributed by atoms with van der Waals surface area (Å²) in [5.74, 6) is -0.473. The van der Waals surface area contributed by atoms with Crippen molar-refractivity contribution in [3.05, 3.63) is 29.3 Å². The van der Waals surface area contributed by atoms with Crippen molar-refractivity contribution in [1.82, 2.24) is 4.90 Å². The van der Waals surface area contributed by atoms with Crippen molar-refractivity contribution in [2.24, 2.45) is 5.73 Å². The highest BCUT2D eigenvalue weighted by Crippen LogP contribution is 2.25. The zero-order valence-corrected chi connectivity index (χ0v) is 13.2. The highest BCUT2D eigenvalue weighted by Gasteiger charge is 2.35. The standard InChI is InChI=1S/C15H18ClN3O4/c16-10-2-1-3-11(6-10)19-8-12(23-15(19)21)7-18-4-5-22-13(9-18)14(17)20/h1-3,6,12-13H,4-5,7-9H2,(H2,17,20).